The lowest BCUT2D eigenvalue weighted by molar-refractivity contribution is -0.139. The van der Waals surface area contributed by atoms with Crippen molar-refractivity contribution in [1.29, 1.82) is 0 Å². The van der Waals surface area contributed by atoms with Crippen molar-refractivity contribution < 1.29 is 9.59 Å². The second kappa shape index (κ2) is 8.74. The van der Waals surface area contributed by atoms with E-state index >= 15 is 0 Å². The summed E-state index contributed by atoms with van der Waals surface area (Å²) in [6, 6.07) is 2.09. The van der Waals surface area contributed by atoms with E-state index < -0.39 is 0 Å². The Hall–Kier alpha value is -2.44. The average molecular weight is 412 g/mol. The van der Waals surface area contributed by atoms with Crippen LogP contribution in [0.5, 0.6) is 0 Å². The van der Waals surface area contributed by atoms with Crippen LogP contribution in [0.3, 0.4) is 0 Å². The van der Waals surface area contributed by atoms with Crippen LogP contribution in [0.25, 0.3) is 5.65 Å². The predicted molar refractivity (Wildman–Crippen MR) is 115 cm³/mol. The van der Waals surface area contributed by atoms with Crippen molar-refractivity contribution in [3.63, 3.8) is 0 Å². The molecule has 0 aromatic carbocycles. The fourth-order valence-corrected chi connectivity index (χ4v) is 4.69. The second-order valence-corrected chi connectivity index (χ2v) is 8.77. The monoisotopic (exact) mass is 411 g/mol. The molecule has 7 heteroatoms. The van der Waals surface area contributed by atoms with Crippen LogP contribution in [-0.2, 0) is 16.0 Å². The van der Waals surface area contributed by atoms with E-state index in [0.717, 1.165) is 66.9 Å². The molecule has 2 amide bonds. The van der Waals surface area contributed by atoms with Gasteiger partial charge in [-0.25, -0.2) is 9.50 Å². The van der Waals surface area contributed by atoms with Gasteiger partial charge in [0.2, 0.25) is 11.8 Å². The molecule has 2 aromatic heterocycles. The normalized spacial score (nSPS) is 19.3. The Kier molecular flexibility index (Phi) is 6.06. The number of aromatic nitrogens is 3. The van der Waals surface area contributed by atoms with Gasteiger partial charge >= 0.3 is 0 Å². The minimum Gasteiger partial charge on any atom is -0.356 e. The van der Waals surface area contributed by atoms with E-state index in [2.05, 4.69) is 5.32 Å². The minimum atomic E-state index is 0.0581. The van der Waals surface area contributed by atoms with Gasteiger partial charge in [0, 0.05) is 42.9 Å². The number of amides is 2. The molecule has 4 rings (SSSR count). The van der Waals surface area contributed by atoms with Crippen LogP contribution < -0.4 is 5.32 Å². The van der Waals surface area contributed by atoms with E-state index in [-0.39, 0.29) is 17.9 Å². The lowest BCUT2D eigenvalue weighted by Gasteiger charge is -2.32. The molecule has 1 saturated heterocycles. The fraction of sp³-hybridized carbons (Fsp3) is 0.652. The first-order valence-corrected chi connectivity index (χ1v) is 11.4. The second-order valence-electron chi connectivity index (χ2n) is 8.77. The van der Waals surface area contributed by atoms with Crippen LogP contribution in [0.15, 0.2) is 6.07 Å². The van der Waals surface area contributed by atoms with Gasteiger partial charge in [0.05, 0.1) is 11.7 Å². The summed E-state index contributed by atoms with van der Waals surface area (Å²) < 4.78 is 1.89. The highest BCUT2D eigenvalue weighted by Crippen LogP contribution is 2.37. The molecule has 2 aromatic rings. The molecule has 3 heterocycles. The number of hydrogen-bond acceptors (Lipinski definition) is 4. The van der Waals surface area contributed by atoms with E-state index in [1.54, 1.807) is 0 Å². The molecule has 1 atom stereocenters. The van der Waals surface area contributed by atoms with Crippen molar-refractivity contribution in [2.75, 3.05) is 13.1 Å². The number of likely N-dealkylation sites (tertiary alicyclic amines) is 1. The summed E-state index contributed by atoms with van der Waals surface area (Å²) >= 11 is 0. The number of nitrogens with zero attached hydrogens (tertiary/aromatic N) is 4. The first-order valence-electron chi connectivity index (χ1n) is 11.4. The summed E-state index contributed by atoms with van der Waals surface area (Å²) in [5, 5.41) is 7.80. The molecule has 0 bridgehead atoms. The zero-order valence-corrected chi connectivity index (χ0v) is 18.4. The fourth-order valence-electron chi connectivity index (χ4n) is 4.69. The number of carbonyl (C=O) groups excluding carboxylic acids is 2. The van der Waals surface area contributed by atoms with Crippen molar-refractivity contribution >= 4 is 17.5 Å². The summed E-state index contributed by atoms with van der Waals surface area (Å²) in [7, 11) is 0. The Bertz CT molecular complexity index is 947. The third-order valence-corrected chi connectivity index (χ3v) is 6.69. The molecule has 2 aliphatic rings. The molecular formula is C23H33N5O2. The van der Waals surface area contributed by atoms with Crippen molar-refractivity contribution in [2.24, 2.45) is 5.92 Å². The maximum absolute atomic E-state index is 12.9. The molecule has 1 N–H and O–H groups in total. The molecule has 162 valence electrons. The van der Waals surface area contributed by atoms with Crippen molar-refractivity contribution in [3.05, 3.63) is 28.7 Å². The molecule has 30 heavy (non-hydrogen) atoms. The smallest absolute Gasteiger partial charge is 0.226 e. The van der Waals surface area contributed by atoms with Gasteiger partial charge in [-0.1, -0.05) is 13.3 Å². The largest absolute Gasteiger partial charge is 0.356 e. The van der Waals surface area contributed by atoms with E-state index in [1.165, 1.54) is 6.42 Å². The number of hydrogen-bond donors (Lipinski definition) is 1. The third kappa shape index (κ3) is 3.94. The van der Waals surface area contributed by atoms with Crippen LogP contribution >= 0.6 is 0 Å². The van der Waals surface area contributed by atoms with Crippen LogP contribution in [0.4, 0.5) is 0 Å². The van der Waals surface area contributed by atoms with Gasteiger partial charge in [-0.3, -0.25) is 9.59 Å². The Morgan fingerprint density at radius 2 is 2.00 bits per heavy atom. The van der Waals surface area contributed by atoms with Crippen molar-refractivity contribution in [3.8, 4) is 0 Å². The Morgan fingerprint density at radius 1 is 1.20 bits per heavy atom. The first-order chi connectivity index (χ1) is 14.5. The average Bonchev–Trinajstić information content (AvgIpc) is 3.31. The van der Waals surface area contributed by atoms with Crippen LogP contribution in [0, 0.1) is 19.8 Å². The summed E-state index contributed by atoms with van der Waals surface area (Å²) in [6.07, 6.45) is 7.27. The molecule has 1 saturated carbocycles. The standard InChI is InChI=1S/C23H33N5O2/c1-4-12-24-22(29)11-10-18-15(2)25-21-14-19(26-28(21)16(18)3)20-9-6-13-27(20)23(30)17-7-5-8-17/h14,17,20H,4-13H2,1-3H3,(H,24,29). The van der Waals surface area contributed by atoms with Gasteiger partial charge in [0.25, 0.3) is 0 Å². The molecule has 1 aliphatic heterocycles. The molecule has 1 aliphatic carbocycles. The number of carbonyl (C=O) groups is 2. The van der Waals surface area contributed by atoms with Crippen molar-refractivity contribution in [2.45, 2.75) is 78.2 Å². The quantitative estimate of drug-likeness (QED) is 0.758. The van der Waals surface area contributed by atoms with Crippen LogP contribution in [0.1, 0.15) is 80.6 Å². The Morgan fingerprint density at radius 3 is 2.70 bits per heavy atom. The highest BCUT2D eigenvalue weighted by atomic mass is 16.2. The SMILES string of the molecule is CCCNC(=O)CCc1c(C)nc2cc(C3CCCN3C(=O)C3CCC3)nn2c1C. The van der Waals surface area contributed by atoms with Gasteiger partial charge in [-0.05, 0) is 57.9 Å². The van der Waals surface area contributed by atoms with E-state index in [4.69, 9.17) is 10.1 Å². The number of nitrogens with one attached hydrogen (secondary N) is 1. The Labute approximate surface area is 178 Å². The van der Waals surface area contributed by atoms with Crippen molar-refractivity contribution in [1.82, 2.24) is 24.8 Å². The molecule has 2 fully saturated rings. The highest BCUT2D eigenvalue weighted by molar-refractivity contribution is 5.80. The summed E-state index contributed by atoms with van der Waals surface area (Å²) in [4.78, 5) is 31.7. The van der Waals surface area contributed by atoms with Crippen LogP contribution in [-0.4, -0.2) is 44.4 Å². The molecule has 1 unspecified atom stereocenters. The van der Waals surface area contributed by atoms with Gasteiger partial charge in [0.1, 0.15) is 0 Å². The summed E-state index contributed by atoms with van der Waals surface area (Å²) in [5.41, 5.74) is 4.82. The zero-order chi connectivity index (χ0) is 21.3. The molecule has 0 spiro atoms. The van der Waals surface area contributed by atoms with Gasteiger partial charge in [-0.15, -0.1) is 0 Å². The molecule has 7 nitrogen and oxygen atoms in total. The highest BCUT2D eigenvalue weighted by Gasteiger charge is 2.37. The number of aryl methyl sites for hydroxylation is 2. The summed E-state index contributed by atoms with van der Waals surface area (Å²) in [5.74, 6) is 0.601. The van der Waals surface area contributed by atoms with E-state index in [9.17, 15) is 9.59 Å². The molecule has 0 radical (unpaired) electrons. The van der Waals surface area contributed by atoms with Gasteiger partial charge in [-0.2, -0.15) is 5.10 Å². The zero-order valence-electron chi connectivity index (χ0n) is 18.4. The topological polar surface area (TPSA) is 79.6 Å². The maximum atomic E-state index is 12.9. The first kappa shape index (κ1) is 20.8. The lowest BCUT2D eigenvalue weighted by atomic mass is 9.84. The van der Waals surface area contributed by atoms with Crippen LogP contribution in [0.2, 0.25) is 0 Å². The predicted octanol–water partition coefficient (Wildman–Crippen LogP) is 3.27. The minimum absolute atomic E-state index is 0.0581. The Balaban J connectivity index is 1.56. The lowest BCUT2D eigenvalue weighted by Crippen LogP contribution is -2.38. The van der Waals surface area contributed by atoms with Gasteiger partial charge < -0.3 is 10.2 Å². The third-order valence-electron chi connectivity index (χ3n) is 6.69. The van der Waals surface area contributed by atoms with E-state index in [1.807, 2.05) is 36.3 Å². The summed E-state index contributed by atoms with van der Waals surface area (Å²) in [6.45, 7) is 7.64. The number of rotatable bonds is 7. The number of fused-ring (bicyclic) bond motifs is 1. The molecular weight excluding hydrogens is 378 g/mol. The maximum Gasteiger partial charge on any atom is 0.226 e. The van der Waals surface area contributed by atoms with Gasteiger partial charge in [0.15, 0.2) is 5.65 Å². The van der Waals surface area contributed by atoms with E-state index in [0.29, 0.717) is 25.3 Å².